The molecule has 28 heavy (non-hydrogen) atoms. The van der Waals surface area contributed by atoms with Crippen LogP contribution in [-0.2, 0) is 9.53 Å². The molecule has 0 bridgehead atoms. The standard InChI is InChI=1S/C25H42O3/c1-16(22(28-4)15-23(26)27)19-10-11-20-18-9-8-17-7-5-6-13-24(17,2)21(18)12-14-25(19,20)3/h16-22H,5-15H2,1-4H3,(H,26,27)/t16-,17?,18-,19+,20-,21-,22?,24-,25+/m0/s1. The molecular weight excluding hydrogens is 348 g/mol. The molecule has 160 valence electrons. The molecule has 1 N–H and O–H groups in total. The minimum atomic E-state index is -0.731. The molecule has 2 unspecified atom stereocenters. The van der Waals surface area contributed by atoms with Crippen molar-refractivity contribution in [3.05, 3.63) is 0 Å². The Labute approximate surface area is 172 Å². The van der Waals surface area contributed by atoms with Crippen LogP contribution in [0.1, 0.15) is 91.4 Å². The number of carboxylic acid groups (broad SMARTS) is 1. The molecule has 4 aliphatic carbocycles. The van der Waals surface area contributed by atoms with Crippen molar-refractivity contribution in [3.8, 4) is 0 Å². The summed E-state index contributed by atoms with van der Waals surface area (Å²) in [7, 11) is 1.70. The third kappa shape index (κ3) is 3.15. The Hall–Kier alpha value is -0.570. The summed E-state index contributed by atoms with van der Waals surface area (Å²) in [5, 5.41) is 9.32. The first-order chi connectivity index (χ1) is 13.3. The number of aliphatic carboxylic acids is 1. The number of carboxylic acids is 1. The highest BCUT2D eigenvalue weighted by atomic mass is 16.5. The van der Waals surface area contributed by atoms with Gasteiger partial charge in [-0.15, -0.1) is 0 Å². The van der Waals surface area contributed by atoms with Crippen molar-refractivity contribution in [1.82, 2.24) is 0 Å². The van der Waals surface area contributed by atoms with Gasteiger partial charge >= 0.3 is 5.97 Å². The van der Waals surface area contributed by atoms with Gasteiger partial charge in [0.2, 0.25) is 0 Å². The van der Waals surface area contributed by atoms with Gasteiger partial charge in [-0.3, -0.25) is 4.79 Å². The molecule has 0 amide bonds. The van der Waals surface area contributed by atoms with Crippen LogP contribution in [0.5, 0.6) is 0 Å². The van der Waals surface area contributed by atoms with E-state index in [0.29, 0.717) is 22.7 Å². The van der Waals surface area contributed by atoms with Crippen molar-refractivity contribution in [2.75, 3.05) is 7.11 Å². The number of hydrogen-bond donors (Lipinski definition) is 1. The van der Waals surface area contributed by atoms with Crippen LogP contribution < -0.4 is 0 Å². The van der Waals surface area contributed by atoms with E-state index in [0.717, 1.165) is 23.7 Å². The lowest BCUT2D eigenvalue weighted by Gasteiger charge is -2.61. The molecule has 4 saturated carbocycles. The monoisotopic (exact) mass is 390 g/mol. The number of rotatable bonds is 5. The van der Waals surface area contributed by atoms with E-state index in [4.69, 9.17) is 4.74 Å². The van der Waals surface area contributed by atoms with Crippen LogP contribution in [0.15, 0.2) is 0 Å². The SMILES string of the molecule is COC(CC(=O)O)[C@@H](C)[C@H]1CC[C@H]2[C@@H]3CCC4CCCC[C@]4(C)[C@H]3CC[C@]12C. The van der Waals surface area contributed by atoms with E-state index in [1.807, 2.05) is 0 Å². The Bertz CT molecular complexity index is 588. The van der Waals surface area contributed by atoms with Crippen LogP contribution in [0.25, 0.3) is 0 Å². The predicted octanol–water partition coefficient (Wildman–Crippen LogP) is 6.16. The quantitative estimate of drug-likeness (QED) is 0.611. The van der Waals surface area contributed by atoms with Gasteiger partial charge < -0.3 is 9.84 Å². The van der Waals surface area contributed by atoms with Gasteiger partial charge in [0.1, 0.15) is 0 Å². The summed E-state index contributed by atoms with van der Waals surface area (Å²) in [6.07, 6.45) is 14.1. The van der Waals surface area contributed by atoms with Crippen molar-refractivity contribution in [2.24, 2.45) is 46.3 Å². The maximum Gasteiger partial charge on any atom is 0.305 e. The molecule has 3 heteroatoms. The summed E-state index contributed by atoms with van der Waals surface area (Å²) in [6.45, 7) is 7.48. The minimum Gasteiger partial charge on any atom is -0.481 e. The van der Waals surface area contributed by atoms with Crippen LogP contribution in [0.4, 0.5) is 0 Å². The van der Waals surface area contributed by atoms with Gasteiger partial charge in [0.05, 0.1) is 12.5 Å². The number of ether oxygens (including phenoxy) is 1. The van der Waals surface area contributed by atoms with Crippen molar-refractivity contribution < 1.29 is 14.6 Å². The summed E-state index contributed by atoms with van der Waals surface area (Å²) in [4.78, 5) is 11.3. The summed E-state index contributed by atoms with van der Waals surface area (Å²) < 4.78 is 5.67. The molecule has 4 fully saturated rings. The van der Waals surface area contributed by atoms with Gasteiger partial charge in [-0.05, 0) is 97.7 Å². The number of hydrogen-bond acceptors (Lipinski definition) is 2. The first-order valence-electron chi connectivity index (χ1n) is 12.1. The van der Waals surface area contributed by atoms with Gasteiger partial charge in [-0.25, -0.2) is 0 Å². The van der Waals surface area contributed by atoms with Crippen LogP contribution in [0.2, 0.25) is 0 Å². The van der Waals surface area contributed by atoms with Crippen LogP contribution in [0, 0.1) is 46.3 Å². The fourth-order valence-corrected chi connectivity index (χ4v) is 9.11. The van der Waals surface area contributed by atoms with Crippen molar-refractivity contribution in [1.29, 1.82) is 0 Å². The fraction of sp³-hybridized carbons (Fsp3) is 0.960. The average molecular weight is 391 g/mol. The fourth-order valence-electron chi connectivity index (χ4n) is 9.11. The lowest BCUT2D eigenvalue weighted by Crippen LogP contribution is -2.53. The molecule has 0 saturated heterocycles. The Morgan fingerprint density at radius 2 is 1.75 bits per heavy atom. The average Bonchev–Trinajstić information content (AvgIpc) is 3.02. The van der Waals surface area contributed by atoms with Crippen molar-refractivity contribution in [3.63, 3.8) is 0 Å². The Morgan fingerprint density at radius 3 is 2.46 bits per heavy atom. The zero-order valence-corrected chi connectivity index (χ0v) is 18.6. The van der Waals surface area contributed by atoms with Crippen LogP contribution in [-0.4, -0.2) is 24.3 Å². The maximum absolute atomic E-state index is 11.3. The van der Waals surface area contributed by atoms with E-state index >= 15 is 0 Å². The van der Waals surface area contributed by atoms with Gasteiger partial charge in [0.15, 0.2) is 0 Å². The second-order valence-electron chi connectivity index (χ2n) is 11.4. The summed E-state index contributed by atoms with van der Waals surface area (Å²) >= 11 is 0. The molecule has 4 rings (SSSR count). The van der Waals surface area contributed by atoms with Crippen LogP contribution in [0.3, 0.4) is 0 Å². The molecule has 4 aliphatic rings. The zero-order chi connectivity index (χ0) is 20.1. The highest BCUT2D eigenvalue weighted by Gasteiger charge is 2.60. The summed E-state index contributed by atoms with van der Waals surface area (Å²) in [5.74, 6) is 3.89. The lowest BCUT2D eigenvalue weighted by molar-refractivity contribution is -0.143. The zero-order valence-electron chi connectivity index (χ0n) is 18.6. The normalized spacial score (nSPS) is 47.5. The summed E-state index contributed by atoms with van der Waals surface area (Å²) in [5.41, 5.74) is 0.984. The highest BCUT2D eigenvalue weighted by Crippen LogP contribution is 2.68. The Kier molecular flexibility index (Phi) is 5.61. The third-order valence-electron chi connectivity index (χ3n) is 10.6. The largest absolute Gasteiger partial charge is 0.481 e. The number of carbonyl (C=O) groups is 1. The first-order valence-corrected chi connectivity index (χ1v) is 12.1. The molecule has 0 heterocycles. The lowest BCUT2D eigenvalue weighted by atomic mass is 9.44. The van der Waals surface area contributed by atoms with Crippen LogP contribution >= 0.6 is 0 Å². The molecule has 3 nitrogen and oxygen atoms in total. The molecule has 0 aliphatic heterocycles. The van der Waals surface area contributed by atoms with E-state index in [-0.39, 0.29) is 12.5 Å². The first kappa shape index (κ1) is 20.7. The molecule has 0 aromatic carbocycles. The van der Waals surface area contributed by atoms with Gasteiger partial charge in [0.25, 0.3) is 0 Å². The Morgan fingerprint density at radius 1 is 1.00 bits per heavy atom. The van der Waals surface area contributed by atoms with E-state index in [1.165, 1.54) is 64.2 Å². The van der Waals surface area contributed by atoms with Gasteiger partial charge in [-0.1, -0.05) is 33.6 Å². The molecule has 0 aromatic heterocycles. The molecular formula is C25H42O3. The second kappa shape index (κ2) is 7.60. The Balaban J connectivity index is 1.54. The highest BCUT2D eigenvalue weighted by molar-refractivity contribution is 5.67. The van der Waals surface area contributed by atoms with Gasteiger partial charge in [-0.2, -0.15) is 0 Å². The second-order valence-corrected chi connectivity index (χ2v) is 11.4. The topological polar surface area (TPSA) is 46.5 Å². The third-order valence-corrected chi connectivity index (χ3v) is 10.6. The number of methoxy groups -OCH3 is 1. The van der Waals surface area contributed by atoms with E-state index in [9.17, 15) is 9.90 Å². The molecule has 0 radical (unpaired) electrons. The van der Waals surface area contributed by atoms with Crippen molar-refractivity contribution in [2.45, 2.75) is 97.5 Å². The maximum atomic E-state index is 11.3. The molecule has 0 aromatic rings. The smallest absolute Gasteiger partial charge is 0.305 e. The van der Waals surface area contributed by atoms with Gasteiger partial charge in [0, 0.05) is 7.11 Å². The molecule has 9 atom stereocenters. The predicted molar refractivity (Wildman–Crippen MR) is 112 cm³/mol. The molecule has 0 spiro atoms. The van der Waals surface area contributed by atoms with Crippen molar-refractivity contribution >= 4 is 5.97 Å². The number of fused-ring (bicyclic) bond motifs is 5. The minimum absolute atomic E-state index is 0.140. The van der Waals surface area contributed by atoms with E-state index in [1.54, 1.807) is 7.11 Å². The summed E-state index contributed by atoms with van der Waals surface area (Å²) in [6, 6.07) is 0. The van der Waals surface area contributed by atoms with E-state index < -0.39 is 5.97 Å². The van der Waals surface area contributed by atoms with E-state index in [2.05, 4.69) is 20.8 Å².